The van der Waals surface area contributed by atoms with Crippen molar-refractivity contribution < 1.29 is 4.79 Å². The van der Waals surface area contributed by atoms with Gasteiger partial charge in [0.2, 0.25) is 11.7 Å². The number of nitrogens with zero attached hydrogens (tertiary/aromatic N) is 5. The minimum atomic E-state index is -0.0370. The van der Waals surface area contributed by atoms with Crippen LogP contribution in [0.25, 0.3) is 10.7 Å². The minimum absolute atomic E-state index is 0.0370. The van der Waals surface area contributed by atoms with Crippen LogP contribution in [0, 0.1) is 0 Å². The highest BCUT2D eigenvalue weighted by molar-refractivity contribution is 7.13. The van der Waals surface area contributed by atoms with E-state index in [4.69, 9.17) is 0 Å². The van der Waals surface area contributed by atoms with E-state index < -0.39 is 0 Å². The Morgan fingerprint density at radius 1 is 1.30 bits per heavy atom. The summed E-state index contributed by atoms with van der Waals surface area (Å²) in [4.78, 5) is 17.0. The fraction of sp³-hybridized carbons (Fsp3) is 0.600. The second-order valence-corrected chi connectivity index (χ2v) is 7.18. The Labute approximate surface area is 138 Å². The van der Waals surface area contributed by atoms with Crippen LogP contribution in [0.4, 0.5) is 0 Å². The third-order valence-electron chi connectivity index (χ3n) is 4.44. The van der Waals surface area contributed by atoms with Gasteiger partial charge >= 0.3 is 0 Å². The molecule has 8 heteroatoms. The molecule has 1 saturated heterocycles. The number of tetrazole rings is 1. The monoisotopic (exact) mass is 332 g/mol. The summed E-state index contributed by atoms with van der Waals surface area (Å²) < 4.78 is 0. The summed E-state index contributed by atoms with van der Waals surface area (Å²) >= 11 is 1.56. The Bertz CT molecular complexity index is 657. The lowest BCUT2D eigenvalue weighted by Gasteiger charge is -2.32. The van der Waals surface area contributed by atoms with Crippen molar-refractivity contribution in [2.24, 2.45) is 0 Å². The van der Waals surface area contributed by atoms with Gasteiger partial charge in [-0.3, -0.25) is 4.79 Å². The molecule has 23 heavy (non-hydrogen) atoms. The normalized spacial score (nSPS) is 19.8. The summed E-state index contributed by atoms with van der Waals surface area (Å²) in [5, 5.41) is 17.3. The average Bonchev–Trinajstić information content (AvgIpc) is 3.06. The molecule has 1 amide bonds. The Morgan fingerprint density at radius 2 is 2.13 bits per heavy atom. The standard InChI is InChI=1S/C15H20N6OS/c22-14(16-11-5-7-20(8-6-11)12-3-4-12)10-21-18-15(17-19-21)13-2-1-9-23-13/h1-2,9,11-12H,3-8,10H2,(H,16,22). The molecule has 0 atom stereocenters. The first-order chi connectivity index (χ1) is 11.3. The molecule has 2 fully saturated rings. The SMILES string of the molecule is O=C(Cn1nnc(-c2cccs2)n1)NC1CCN(C2CC2)CC1. The molecular weight excluding hydrogens is 312 g/mol. The molecule has 0 aromatic carbocycles. The Hall–Kier alpha value is -1.80. The summed E-state index contributed by atoms with van der Waals surface area (Å²) in [7, 11) is 0. The molecule has 1 saturated carbocycles. The Morgan fingerprint density at radius 3 is 2.83 bits per heavy atom. The van der Waals surface area contributed by atoms with E-state index in [0.29, 0.717) is 5.82 Å². The van der Waals surface area contributed by atoms with Crippen LogP contribution < -0.4 is 5.32 Å². The molecule has 122 valence electrons. The van der Waals surface area contributed by atoms with E-state index in [-0.39, 0.29) is 18.5 Å². The zero-order valence-electron chi connectivity index (χ0n) is 12.9. The molecule has 3 heterocycles. The van der Waals surface area contributed by atoms with Crippen molar-refractivity contribution in [2.75, 3.05) is 13.1 Å². The van der Waals surface area contributed by atoms with Crippen molar-refractivity contribution in [3.05, 3.63) is 17.5 Å². The van der Waals surface area contributed by atoms with E-state index in [1.165, 1.54) is 17.6 Å². The Balaban J connectivity index is 1.27. The number of carbonyl (C=O) groups excluding carboxylic acids is 1. The highest BCUT2D eigenvalue weighted by atomic mass is 32.1. The number of hydrogen-bond acceptors (Lipinski definition) is 6. The predicted octanol–water partition coefficient (Wildman–Crippen LogP) is 1.14. The van der Waals surface area contributed by atoms with Crippen LogP contribution in [0.5, 0.6) is 0 Å². The van der Waals surface area contributed by atoms with E-state index >= 15 is 0 Å². The first-order valence-corrected chi connectivity index (χ1v) is 9.01. The molecule has 1 N–H and O–H groups in total. The maximum absolute atomic E-state index is 12.2. The van der Waals surface area contributed by atoms with E-state index in [1.54, 1.807) is 11.3 Å². The number of aromatic nitrogens is 4. The molecule has 0 bridgehead atoms. The summed E-state index contributed by atoms with van der Waals surface area (Å²) in [6, 6.07) is 4.99. The number of nitrogens with one attached hydrogen (secondary N) is 1. The molecule has 0 radical (unpaired) electrons. The maximum atomic E-state index is 12.2. The Kier molecular flexibility index (Phi) is 4.09. The number of likely N-dealkylation sites (tertiary alicyclic amines) is 1. The molecule has 0 unspecified atom stereocenters. The highest BCUT2D eigenvalue weighted by Gasteiger charge is 2.32. The van der Waals surface area contributed by atoms with E-state index in [2.05, 4.69) is 25.6 Å². The second kappa shape index (κ2) is 6.37. The van der Waals surface area contributed by atoms with Gasteiger partial charge in [-0.25, -0.2) is 0 Å². The zero-order chi connectivity index (χ0) is 15.6. The summed E-state index contributed by atoms with van der Waals surface area (Å²) in [5.74, 6) is 0.538. The van der Waals surface area contributed by atoms with Gasteiger partial charge in [0.1, 0.15) is 6.54 Å². The molecule has 0 spiro atoms. The van der Waals surface area contributed by atoms with Gasteiger partial charge in [0.15, 0.2) is 0 Å². The van der Waals surface area contributed by atoms with Crippen LogP contribution in [0.3, 0.4) is 0 Å². The molecule has 1 aliphatic heterocycles. The fourth-order valence-corrected chi connectivity index (χ4v) is 3.71. The third-order valence-corrected chi connectivity index (χ3v) is 5.30. The van der Waals surface area contributed by atoms with Gasteiger partial charge in [-0.1, -0.05) is 6.07 Å². The van der Waals surface area contributed by atoms with Crippen LogP contribution in [0.2, 0.25) is 0 Å². The maximum Gasteiger partial charge on any atom is 0.243 e. The lowest BCUT2D eigenvalue weighted by atomic mass is 10.0. The second-order valence-electron chi connectivity index (χ2n) is 6.23. The van der Waals surface area contributed by atoms with Crippen LogP contribution in [-0.2, 0) is 11.3 Å². The average molecular weight is 332 g/mol. The van der Waals surface area contributed by atoms with Crippen LogP contribution in [-0.4, -0.2) is 56.2 Å². The van der Waals surface area contributed by atoms with Crippen molar-refractivity contribution in [2.45, 2.75) is 44.3 Å². The van der Waals surface area contributed by atoms with Gasteiger partial charge in [0.25, 0.3) is 0 Å². The number of carbonyl (C=O) groups is 1. The van der Waals surface area contributed by atoms with Gasteiger partial charge in [0, 0.05) is 25.2 Å². The first kappa shape index (κ1) is 14.8. The van der Waals surface area contributed by atoms with Gasteiger partial charge in [-0.15, -0.1) is 21.5 Å². The van der Waals surface area contributed by atoms with E-state index in [1.807, 2.05) is 17.5 Å². The van der Waals surface area contributed by atoms with Crippen LogP contribution in [0.1, 0.15) is 25.7 Å². The number of rotatable bonds is 5. The summed E-state index contributed by atoms with van der Waals surface area (Å²) in [6.07, 6.45) is 4.77. The first-order valence-electron chi connectivity index (χ1n) is 8.13. The van der Waals surface area contributed by atoms with E-state index in [9.17, 15) is 4.79 Å². The zero-order valence-corrected chi connectivity index (χ0v) is 13.7. The highest BCUT2D eigenvalue weighted by Crippen LogP contribution is 2.29. The lowest BCUT2D eigenvalue weighted by molar-refractivity contribution is -0.123. The summed E-state index contributed by atoms with van der Waals surface area (Å²) in [5.41, 5.74) is 0. The van der Waals surface area contributed by atoms with Crippen molar-refractivity contribution in [1.82, 2.24) is 30.4 Å². The molecule has 7 nitrogen and oxygen atoms in total. The number of piperidine rings is 1. The molecule has 4 rings (SSSR count). The van der Waals surface area contributed by atoms with Crippen molar-refractivity contribution in [3.8, 4) is 10.7 Å². The van der Waals surface area contributed by atoms with E-state index in [0.717, 1.165) is 36.9 Å². The van der Waals surface area contributed by atoms with Gasteiger partial charge in [0.05, 0.1) is 4.88 Å². The van der Waals surface area contributed by atoms with Crippen molar-refractivity contribution in [3.63, 3.8) is 0 Å². The number of hydrogen-bond donors (Lipinski definition) is 1. The molecule has 2 aromatic heterocycles. The van der Waals surface area contributed by atoms with Gasteiger partial charge in [-0.2, -0.15) is 4.80 Å². The summed E-state index contributed by atoms with van der Waals surface area (Å²) in [6.45, 7) is 2.32. The molecule has 2 aliphatic rings. The topological polar surface area (TPSA) is 75.9 Å². The largest absolute Gasteiger partial charge is 0.352 e. The number of amides is 1. The predicted molar refractivity (Wildman–Crippen MR) is 86.9 cm³/mol. The fourth-order valence-electron chi connectivity index (χ4n) is 3.07. The number of thiophene rings is 1. The lowest BCUT2D eigenvalue weighted by Crippen LogP contribution is -2.46. The minimum Gasteiger partial charge on any atom is -0.352 e. The quantitative estimate of drug-likeness (QED) is 0.889. The van der Waals surface area contributed by atoms with Gasteiger partial charge in [-0.05, 0) is 42.3 Å². The van der Waals surface area contributed by atoms with Crippen molar-refractivity contribution >= 4 is 17.2 Å². The smallest absolute Gasteiger partial charge is 0.243 e. The van der Waals surface area contributed by atoms with Crippen molar-refractivity contribution in [1.29, 1.82) is 0 Å². The molecular formula is C15H20N6OS. The van der Waals surface area contributed by atoms with Crippen LogP contribution >= 0.6 is 11.3 Å². The third kappa shape index (κ3) is 3.59. The molecule has 1 aliphatic carbocycles. The van der Waals surface area contributed by atoms with Gasteiger partial charge < -0.3 is 10.2 Å². The van der Waals surface area contributed by atoms with Crippen LogP contribution in [0.15, 0.2) is 17.5 Å². The molecule has 2 aromatic rings.